The smallest absolute Gasteiger partial charge is 0.269 e. The van der Waals surface area contributed by atoms with Crippen molar-refractivity contribution in [3.63, 3.8) is 0 Å². The van der Waals surface area contributed by atoms with Crippen LogP contribution in [0.1, 0.15) is 11.5 Å². The molecule has 3 aromatic rings. The van der Waals surface area contributed by atoms with Crippen LogP contribution in [0.25, 0.3) is 22.5 Å². The van der Waals surface area contributed by atoms with E-state index < -0.39 is 0 Å². The predicted molar refractivity (Wildman–Crippen MR) is 97.4 cm³/mol. The molecular weight excluding hydrogens is 364 g/mol. The summed E-state index contributed by atoms with van der Waals surface area (Å²) in [5.74, 6) is 2.30. The highest BCUT2D eigenvalue weighted by Crippen LogP contribution is 2.39. The third-order valence-electron chi connectivity index (χ3n) is 3.39. The van der Waals surface area contributed by atoms with Crippen molar-refractivity contribution >= 4 is 34.0 Å². The molecule has 0 aliphatic carbocycles. The number of nitrogens with zero attached hydrogens (tertiary/aromatic N) is 2. The van der Waals surface area contributed by atoms with Crippen molar-refractivity contribution in [1.82, 2.24) is 10.1 Å². The van der Waals surface area contributed by atoms with Crippen molar-refractivity contribution in [2.75, 3.05) is 21.3 Å². The quantitative estimate of drug-likeness (QED) is 0.626. The molecule has 0 atom stereocenters. The number of hydrogen-bond donors (Lipinski definition) is 0. The molecule has 3 rings (SSSR count). The van der Waals surface area contributed by atoms with Crippen LogP contribution in [-0.4, -0.2) is 31.5 Å². The maximum absolute atomic E-state index is 6.33. The predicted octanol–water partition coefficient (Wildman–Crippen LogP) is 4.56. The molecule has 2 aromatic heterocycles. The van der Waals surface area contributed by atoms with Crippen LogP contribution in [0, 0.1) is 0 Å². The minimum atomic E-state index is 0.233. The summed E-state index contributed by atoms with van der Waals surface area (Å²) in [6.07, 6.45) is 1.69. The Bertz CT molecular complexity index is 865. The van der Waals surface area contributed by atoms with Crippen LogP contribution in [0.2, 0.25) is 0 Å². The van der Waals surface area contributed by atoms with E-state index in [0.717, 1.165) is 11.1 Å². The summed E-state index contributed by atoms with van der Waals surface area (Å²) in [7, 11) is 4.66. The lowest BCUT2D eigenvalue weighted by Crippen LogP contribution is -1.95. The van der Waals surface area contributed by atoms with Gasteiger partial charge in [-0.15, -0.1) is 0 Å². The minimum Gasteiger partial charge on any atom is -0.493 e. The molecular formula is C17H15ClN2O4S. The van der Waals surface area contributed by atoms with Crippen molar-refractivity contribution < 1.29 is 18.7 Å². The highest BCUT2D eigenvalue weighted by molar-refractivity contribution is 7.08. The van der Waals surface area contributed by atoms with Gasteiger partial charge in [-0.25, -0.2) is 0 Å². The Kier molecular flexibility index (Phi) is 5.25. The summed E-state index contributed by atoms with van der Waals surface area (Å²) in [6, 6.07) is 5.47. The van der Waals surface area contributed by atoms with Crippen LogP contribution in [0.15, 0.2) is 33.5 Å². The number of ether oxygens (including phenoxy) is 3. The molecule has 130 valence electrons. The van der Waals surface area contributed by atoms with Gasteiger partial charge in [0, 0.05) is 10.9 Å². The molecule has 2 heterocycles. The third-order valence-corrected chi connectivity index (χ3v) is 4.34. The number of methoxy groups -OCH3 is 3. The third kappa shape index (κ3) is 3.62. The second-order valence-corrected chi connectivity index (χ2v) is 6.07. The fraction of sp³-hybridized carbons (Fsp3) is 0.176. The van der Waals surface area contributed by atoms with Crippen molar-refractivity contribution in [2.45, 2.75) is 0 Å². The summed E-state index contributed by atoms with van der Waals surface area (Å²) in [5.41, 5.74) is 1.63. The fourth-order valence-corrected chi connectivity index (χ4v) is 3.06. The van der Waals surface area contributed by atoms with Crippen LogP contribution in [0.3, 0.4) is 0 Å². The highest BCUT2D eigenvalue weighted by atomic mass is 35.5. The van der Waals surface area contributed by atoms with Crippen LogP contribution < -0.4 is 14.2 Å². The van der Waals surface area contributed by atoms with Gasteiger partial charge in [-0.2, -0.15) is 16.3 Å². The molecule has 0 spiro atoms. The Labute approximate surface area is 153 Å². The Hall–Kier alpha value is -2.51. The van der Waals surface area contributed by atoms with Crippen molar-refractivity contribution in [1.29, 1.82) is 0 Å². The summed E-state index contributed by atoms with van der Waals surface area (Å²) in [4.78, 5) is 4.31. The summed E-state index contributed by atoms with van der Waals surface area (Å²) in [5, 5.41) is 8.13. The molecule has 0 amide bonds. The molecule has 0 saturated heterocycles. The van der Waals surface area contributed by atoms with E-state index in [1.165, 1.54) is 0 Å². The van der Waals surface area contributed by atoms with Crippen LogP contribution in [-0.2, 0) is 0 Å². The van der Waals surface area contributed by atoms with E-state index in [2.05, 4.69) is 10.1 Å². The zero-order chi connectivity index (χ0) is 17.8. The second kappa shape index (κ2) is 7.58. The lowest BCUT2D eigenvalue weighted by molar-refractivity contribution is 0.324. The molecule has 0 unspecified atom stereocenters. The zero-order valence-electron chi connectivity index (χ0n) is 13.8. The Morgan fingerprint density at radius 2 is 1.88 bits per heavy atom. The number of rotatable bonds is 6. The average molecular weight is 379 g/mol. The first-order valence-electron chi connectivity index (χ1n) is 7.20. The Balaban J connectivity index is 1.94. The molecule has 0 saturated carbocycles. The number of hydrogen-bond acceptors (Lipinski definition) is 7. The van der Waals surface area contributed by atoms with E-state index in [9.17, 15) is 0 Å². The SMILES string of the molecule is COc1cc(C=C(Cl)c2nc(-c3ccsc3)no2)cc(OC)c1OC. The first-order valence-corrected chi connectivity index (χ1v) is 8.52. The van der Waals surface area contributed by atoms with E-state index in [-0.39, 0.29) is 5.89 Å². The lowest BCUT2D eigenvalue weighted by atomic mass is 10.1. The largest absolute Gasteiger partial charge is 0.493 e. The maximum atomic E-state index is 6.33. The molecule has 6 nitrogen and oxygen atoms in total. The van der Waals surface area contributed by atoms with E-state index in [4.69, 9.17) is 30.3 Å². The van der Waals surface area contributed by atoms with Gasteiger partial charge in [0.15, 0.2) is 11.5 Å². The number of aromatic nitrogens is 2. The average Bonchev–Trinajstić information content (AvgIpc) is 3.31. The molecule has 8 heteroatoms. The van der Waals surface area contributed by atoms with E-state index >= 15 is 0 Å². The van der Waals surface area contributed by atoms with Gasteiger partial charge in [-0.05, 0) is 35.2 Å². The van der Waals surface area contributed by atoms with Crippen molar-refractivity contribution in [3.8, 4) is 28.6 Å². The van der Waals surface area contributed by atoms with Crippen molar-refractivity contribution in [2.24, 2.45) is 0 Å². The molecule has 0 fully saturated rings. The van der Waals surface area contributed by atoms with E-state index in [1.54, 1.807) is 50.9 Å². The molecule has 0 aliphatic rings. The van der Waals surface area contributed by atoms with E-state index in [1.807, 2.05) is 16.8 Å². The maximum Gasteiger partial charge on any atom is 0.269 e. The molecule has 0 N–H and O–H groups in total. The van der Waals surface area contributed by atoms with Gasteiger partial charge >= 0.3 is 0 Å². The fourth-order valence-electron chi connectivity index (χ4n) is 2.22. The van der Waals surface area contributed by atoms with Gasteiger partial charge in [0.1, 0.15) is 5.03 Å². The molecule has 25 heavy (non-hydrogen) atoms. The van der Waals surface area contributed by atoms with Gasteiger partial charge in [-0.1, -0.05) is 16.8 Å². The number of benzene rings is 1. The monoisotopic (exact) mass is 378 g/mol. The first kappa shape index (κ1) is 17.3. The lowest BCUT2D eigenvalue weighted by Gasteiger charge is -2.12. The van der Waals surface area contributed by atoms with Crippen LogP contribution in [0.5, 0.6) is 17.2 Å². The van der Waals surface area contributed by atoms with Crippen LogP contribution in [0.4, 0.5) is 0 Å². The minimum absolute atomic E-state index is 0.233. The molecule has 0 radical (unpaired) electrons. The van der Waals surface area contributed by atoms with Gasteiger partial charge in [0.25, 0.3) is 5.89 Å². The number of halogens is 1. The topological polar surface area (TPSA) is 66.6 Å². The van der Waals surface area contributed by atoms with Gasteiger partial charge in [0.2, 0.25) is 11.6 Å². The second-order valence-electron chi connectivity index (χ2n) is 4.89. The molecule has 0 aliphatic heterocycles. The summed E-state index contributed by atoms with van der Waals surface area (Å²) >= 11 is 7.89. The number of thiophene rings is 1. The van der Waals surface area contributed by atoms with Crippen molar-refractivity contribution in [3.05, 3.63) is 40.4 Å². The molecule has 0 bridgehead atoms. The molecule has 1 aromatic carbocycles. The summed E-state index contributed by atoms with van der Waals surface area (Å²) < 4.78 is 21.2. The van der Waals surface area contributed by atoms with E-state index in [0.29, 0.717) is 28.1 Å². The Morgan fingerprint density at radius 1 is 1.16 bits per heavy atom. The highest BCUT2D eigenvalue weighted by Gasteiger charge is 2.15. The van der Waals surface area contributed by atoms with Gasteiger partial charge in [0.05, 0.1) is 21.3 Å². The zero-order valence-corrected chi connectivity index (χ0v) is 15.4. The normalized spacial score (nSPS) is 11.4. The standard InChI is InChI=1S/C17H15ClN2O4S/c1-21-13-7-10(8-14(22-2)15(13)23-3)6-12(18)17-19-16(20-24-17)11-4-5-25-9-11/h4-9H,1-3H3. The van der Waals surface area contributed by atoms with Crippen LogP contribution >= 0.6 is 22.9 Å². The van der Waals surface area contributed by atoms with Gasteiger partial charge < -0.3 is 18.7 Å². The first-order chi connectivity index (χ1) is 12.2. The Morgan fingerprint density at radius 3 is 2.44 bits per heavy atom. The van der Waals surface area contributed by atoms with Gasteiger partial charge in [-0.3, -0.25) is 0 Å². The summed E-state index contributed by atoms with van der Waals surface area (Å²) in [6.45, 7) is 0.